The van der Waals surface area contributed by atoms with Gasteiger partial charge in [0, 0.05) is 56.8 Å². The van der Waals surface area contributed by atoms with Gasteiger partial charge < -0.3 is 9.80 Å². The second kappa shape index (κ2) is 6.67. The van der Waals surface area contributed by atoms with Gasteiger partial charge in [0.05, 0.1) is 5.01 Å². The molecular formula is C15H18N4OS. The summed E-state index contributed by atoms with van der Waals surface area (Å²) >= 11 is 1.61. The maximum absolute atomic E-state index is 12.2. The Balaban J connectivity index is 1.48. The molecule has 1 amide bonds. The monoisotopic (exact) mass is 302 g/mol. The number of aromatic nitrogens is 2. The number of carbonyl (C=O) groups excluding carboxylic acids is 1. The Labute approximate surface area is 128 Å². The summed E-state index contributed by atoms with van der Waals surface area (Å²) in [6, 6.07) is 5.93. The Hall–Kier alpha value is -1.95. The van der Waals surface area contributed by atoms with Gasteiger partial charge in [0.2, 0.25) is 5.91 Å². The van der Waals surface area contributed by atoms with E-state index in [4.69, 9.17) is 0 Å². The molecule has 1 aliphatic heterocycles. The van der Waals surface area contributed by atoms with Gasteiger partial charge in [0.25, 0.3) is 0 Å². The first-order chi connectivity index (χ1) is 10.3. The highest BCUT2D eigenvalue weighted by molar-refractivity contribution is 7.09. The molecule has 0 radical (unpaired) electrons. The Morgan fingerprint density at radius 3 is 2.67 bits per heavy atom. The van der Waals surface area contributed by atoms with Crippen LogP contribution in [0, 0.1) is 0 Å². The number of carbonyl (C=O) groups is 1. The molecule has 2 aromatic rings. The molecule has 1 saturated heterocycles. The lowest BCUT2D eigenvalue weighted by Gasteiger charge is -2.35. The highest BCUT2D eigenvalue weighted by Crippen LogP contribution is 2.14. The van der Waals surface area contributed by atoms with Crippen molar-refractivity contribution in [1.82, 2.24) is 14.9 Å². The number of amides is 1. The molecule has 3 rings (SSSR count). The predicted octanol–water partition coefficient (Wildman–Crippen LogP) is 1.82. The summed E-state index contributed by atoms with van der Waals surface area (Å²) in [5, 5.41) is 2.99. The molecular weight excluding hydrogens is 284 g/mol. The van der Waals surface area contributed by atoms with E-state index in [9.17, 15) is 4.79 Å². The van der Waals surface area contributed by atoms with Crippen LogP contribution < -0.4 is 4.90 Å². The van der Waals surface area contributed by atoms with Crippen LogP contribution in [0.5, 0.6) is 0 Å². The molecule has 3 heterocycles. The fourth-order valence-corrected chi connectivity index (χ4v) is 3.09. The molecule has 6 heteroatoms. The highest BCUT2D eigenvalue weighted by atomic mass is 32.1. The van der Waals surface area contributed by atoms with Gasteiger partial charge in [-0.1, -0.05) is 6.07 Å². The highest BCUT2D eigenvalue weighted by Gasteiger charge is 2.21. The molecule has 1 aliphatic rings. The maximum Gasteiger partial charge on any atom is 0.223 e. The number of rotatable bonds is 4. The van der Waals surface area contributed by atoms with Crippen molar-refractivity contribution in [3.05, 3.63) is 41.0 Å². The molecule has 0 bridgehead atoms. The van der Waals surface area contributed by atoms with Crippen LogP contribution >= 0.6 is 11.3 Å². The van der Waals surface area contributed by atoms with E-state index >= 15 is 0 Å². The lowest BCUT2D eigenvalue weighted by molar-refractivity contribution is -0.131. The number of piperazine rings is 1. The number of thiazole rings is 1. The van der Waals surface area contributed by atoms with Crippen LogP contribution in [0.3, 0.4) is 0 Å². The molecule has 0 aliphatic carbocycles. The molecule has 0 N–H and O–H groups in total. The third-order valence-electron chi connectivity index (χ3n) is 3.64. The molecule has 0 saturated carbocycles. The molecule has 0 unspecified atom stereocenters. The maximum atomic E-state index is 12.2. The zero-order valence-corrected chi connectivity index (χ0v) is 12.6. The fourth-order valence-electron chi connectivity index (χ4n) is 2.47. The van der Waals surface area contributed by atoms with Crippen LogP contribution in [0.2, 0.25) is 0 Å². The van der Waals surface area contributed by atoms with E-state index in [0.29, 0.717) is 6.42 Å². The summed E-state index contributed by atoms with van der Waals surface area (Å²) in [4.78, 5) is 25.0. The minimum absolute atomic E-state index is 0.228. The van der Waals surface area contributed by atoms with Crippen LogP contribution in [0.15, 0.2) is 36.0 Å². The van der Waals surface area contributed by atoms with E-state index in [2.05, 4.69) is 14.9 Å². The van der Waals surface area contributed by atoms with Crippen LogP contribution in [0.1, 0.15) is 11.4 Å². The number of hydrogen-bond donors (Lipinski definition) is 0. The Bertz CT molecular complexity index is 565. The van der Waals surface area contributed by atoms with Gasteiger partial charge in [-0.3, -0.25) is 4.79 Å². The van der Waals surface area contributed by atoms with Crippen molar-refractivity contribution in [2.24, 2.45) is 0 Å². The zero-order valence-electron chi connectivity index (χ0n) is 11.8. The lowest BCUT2D eigenvalue weighted by atomic mass is 10.2. The van der Waals surface area contributed by atoms with E-state index in [1.807, 2.05) is 28.5 Å². The molecule has 110 valence electrons. The number of nitrogens with zero attached hydrogens (tertiary/aromatic N) is 4. The third-order valence-corrected chi connectivity index (χ3v) is 4.48. The van der Waals surface area contributed by atoms with Crippen LogP contribution in [-0.4, -0.2) is 47.0 Å². The van der Waals surface area contributed by atoms with Crippen LogP contribution in [0.4, 0.5) is 5.82 Å². The Morgan fingerprint density at radius 1 is 1.14 bits per heavy atom. The standard InChI is InChI=1S/C15H18N4OS/c20-15(5-4-14-17-7-12-21-14)19-10-8-18(9-11-19)13-3-1-2-6-16-13/h1-3,6-7,12H,4-5,8-11H2. The summed E-state index contributed by atoms with van der Waals surface area (Å²) in [6.07, 6.45) is 4.89. The number of pyridine rings is 1. The summed E-state index contributed by atoms with van der Waals surface area (Å²) in [5.41, 5.74) is 0. The zero-order chi connectivity index (χ0) is 14.5. The van der Waals surface area contributed by atoms with Gasteiger partial charge in [0.15, 0.2) is 0 Å². The predicted molar refractivity (Wildman–Crippen MR) is 83.5 cm³/mol. The van der Waals surface area contributed by atoms with Crippen molar-refractivity contribution < 1.29 is 4.79 Å². The molecule has 21 heavy (non-hydrogen) atoms. The van der Waals surface area contributed by atoms with Crippen LogP contribution in [0.25, 0.3) is 0 Å². The Morgan fingerprint density at radius 2 is 2.00 bits per heavy atom. The summed E-state index contributed by atoms with van der Waals surface area (Å²) in [7, 11) is 0. The average Bonchev–Trinajstić information content (AvgIpc) is 3.07. The quantitative estimate of drug-likeness (QED) is 0.864. The van der Waals surface area contributed by atoms with Gasteiger partial charge in [0.1, 0.15) is 5.82 Å². The average molecular weight is 302 g/mol. The topological polar surface area (TPSA) is 49.3 Å². The SMILES string of the molecule is O=C(CCc1nccs1)N1CCN(c2ccccn2)CC1. The van der Waals surface area contributed by atoms with Gasteiger partial charge in [-0.05, 0) is 12.1 Å². The largest absolute Gasteiger partial charge is 0.353 e. The van der Waals surface area contributed by atoms with Gasteiger partial charge in [-0.25, -0.2) is 9.97 Å². The van der Waals surface area contributed by atoms with Crippen molar-refractivity contribution in [3.63, 3.8) is 0 Å². The fraction of sp³-hybridized carbons (Fsp3) is 0.400. The van der Waals surface area contributed by atoms with E-state index in [-0.39, 0.29) is 5.91 Å². The van der Waals surface area contributed by atoms with E-state index < -0.39 is 0 Å². The van der Waals surface area contributed by atoms with E-state index in [1.165, 1.54) is 0 Å². The van der Waals surface area contributed by atoms with Crippen molar-refractivity contribution in [1.29, 1.82) is 0 Å². The first kappa shape index (κ1) is 14.0. The van der Waals surface area contributed by atoms with Crippen LogP contribution in [-0.2, 0) is 11.2 Å². The van der Waals surface area contributed by atoms with E-state index in [0.717, 1.165) is 43.4 Å². The molecule has 5 nitrogen and oxygen atoms in total. The van der Waals surface area contributed by atoms with Gasteiger partial charge in [-0.2, -0.15) is 0 Å². The molecule has 0 atom stereocenters. The summed E-state index contributed by atoms with van der Waals surface area (Å²) in [6.45, 7) is 3.24. The third kappa shape index (κ3) is 3.58. The summed E-state index contributed by atoms with van der Waals surface area (Å²) in [5.74, 6) is 1.22. The van der Waals surface area contributed by atoms with Gasteiger partial charge >= 0.3 is 0 Å². The lowest BCUT2D eigenvalue weighted by Crippen LogP contribution is -2.49. The minimum Gasteiger partial charge on any atom is -0.353 e. The Kier molecular flexibility index (Phi) is 4.45. The van der Waals surface area contributed by atoms with Gasteiger partial charge in [-0.15, -0.1) is 11.3 Å². The van der Waals surface area contributed by atoms with E-state index in [1.54, 1.807) is 23.7 Å². The number of aryl methyl sites for hydroxylation is 1. The number of anilines is 1. The molecule has 0 aromatic carbocycles. The minimum atomic E-state index is 0.228. The smallest absolute Gasteiger partial charge is 0.223 e. The normalized spacial score (nSPS) is 15.2. The van der Waals surface area contributed by atoms with Crippen molar-refractivity contribution in [2.75, 3.05) is 31.1 Å². The first-order valence-electron chi connectivity index (χ1n) is 7.15. The van der Waals surface area contributed by atoms with Crippen molar-refractivity contribution in [3.8, 4) is 0 Å². The number of hydrogen-bond acceptors (Lipinski definition) is 5. The van der Waals surface area contributed by atoms with Crippen molar-refractivity contribution >= 4 is 23.1 Å². The first-order valence-corrected chi connectivity index (χ1v) is 8.03. The van der Waals surface area contributed by atoms with Crippen molar-refractivity contribution in [2.45, 2.75) is 12.8 Å². The second-order valence-corrected chi connectivity index (χ2v) is 5.96. The summed E-state index contributed by atoms with van der Waals surface area (Å²) < 4.78 is 0. The molecule has 0 spiro atoms. The molecule has 2 aromatic heterocycles. The molecule has 1 fully saturated rings. The second-order valence-electron chi connectivity index (χ2n) is 4.98.